The Balaban J connectivity index is 2.10. The normalized spacial score (nSPS) is 12.3. The number of methoxy groups -OCH3 is 1. The Bertz CT molecular complexity index is 522. The molecule has 2 nitrogen and oxygen atoms in total. The molecule has 1 heterocycles. The number of aryl methyl sites for hydroxylation is 2. The van der Waals surface area contributed by atoms with Crippen LogP contribution in [0.25, 0.3) is 0 Å². The first kappa shape index (κ1) is 15.1. The molecule has 0 saturated heterocycles. The first-order valence-electron chi connectivity index (χ1n) is 7.13. The predicted octanol–water partition coefficient (Wildman–Crippen LogP) is 4.35. The Morgan fingerprint density at radius 2 is 2.15 bits per heavy atom. The van der Waals surface area contributed by atoms with E-state index in [-0.39, 0.29) is 0 Å². The largest absolute Gasteiger partial charge is 0.496 e. The maximum atomic E-state index is 5.44. The molecule has 3 heteroatoms. The third-order valence-corrected chi connectivity index (χ3v) is 4.32. The van der Waals surface area contributed by atoms with Crippen LogP contribution < -0.4 is 10.1 Å². The van der Waals surface area contributed by atoms with Gasteiger partial charge in [0.15, 0.2) is 0 Å². The molecule has 0 spiro atoms. The van der Waals surface area contributed by atoms with Gasteiger partial charge in [-0.3, -0.25) is 0 Å². The van der Waals surface area contributed by atoms with Crippen LogP contribution in [-0.2, 0) is 6.42 Å². The average molecular weight is 289 g/mol. The molecular weight excluding hydrogens is 266 g/mol. The van der Waals surface area contributed by atoms with Gasteiger partial charge >= 0.3 is 0 Å². The van der Waals surface area contributed by atoms with Gasteiger partial charge in [-0.15, -0.1) is 0 Å². The lowest BCUT2D eigenvalue weighted by atomic mass is 9.98. The van der Waals surface area contributed by atoms with Crippen LogP contribution in [0, 0.1) is 6.92 Å². The van der Waals surface area contributed by atoms with E-state index in [4.69, 9.17) is 4.74 Å². The minimum absolute atomic E-state index is 0.384. The van der Waals surface area contributed by atoms with Crippen molar-refractivity contribution in [2.45, 2.75) is 32.7 Å². The number of nitrogens with one attached hydrogen (secondary N) is 1. The third kappa shape index (κ3) is 3.84. The Labute approximate surface area is 125 Å². The molecule has 0 aliphatic heterocycles. The first-order valence-corrected chi connectivity index (χ1v) is 8.08. The van der Waals surface area contributed by atoms with Crippen LogP contribution in [0.2, 0.25) is 0 Å². The Morgan fingerprint density at radius 1 is 1.30 bits per heavy atom. The molecular formula is C17H23NOS. The highest BCUT2D eigenvalue weighted by atomic mass is 32.1. The van der Waals surface area contributed by atoms with Gasteiger partial charge in [0.25, 0.3) is 0 Å². The van der Waals surface area contributed by atoms with E-state index < -0.39 is 0 Å². The second-order valence-electron chi connectivity index (χ2n) is 5.01. The summed E-state index contributed by atoms with van der Waals surface area (Å²) in [5.41, 5.74) is 3.92. The second kappa shape index (κ2) is 7.46. The summed E-state index contributed by atoms with van der Waals surface area (Å²) in [4.78, 5) is 0. The van der Waals surface area contributed by atoms with Crippen molar-refractivity contribution in [1.29, 1.82) is 0 Å². The van der Waals surface area contributed by atoms with E-state index in [1.165, 1.54) is 16.7 Å². The first-order chi connectivity index (χ1) is 9.74. The topological polar surface area (TPSA) is 21.3 Å². The molecule has 1 N–H and O–H groups in total. The molecule has 1 atom stereocenters. The molecule has 0 radical (unpaired) electrons. The van der Waals surface area contributed by atoms with E-state index in [0.717, 1.165) is 25.1 Å². The smallest absolute Gasteiger partial charge is 0.122 e. The Hall–Kier alpha value is -1.32. The SMILES string of the molecule is CCNC(CCc1ccsc1)c1ccc(C)c(OC)c1. The van der Waals surface area contributed by atoms with Crippen molar-refractivity contribution in [3.63, 3.8) is 0 Å². The van der Waals surface area contributed by atoms with Gasteiger partial charge in [0, 0.05) is 6.04 Å². The fourth-order valence-corrected chi connectivity index (χ4v) is 3.14. The van der Waals surface area contributed by atoms with Gasteiger partial charge in [-0.2, -0.15) is 11.3 Å². The van der Waals surface area contributed by atoms with Crippen molar-refractivity contribution in [2.24, 2.45) is 0 Å². The van der Waals surface area contributed by atoms with Crippen molar-refractivity contribution in [1.82, 2.24) is 5.32 Å². The van der Waals surface area contributed by atoms with Crippen molar-refractivity contribution in [3.05, 3.63) is 51.7 Å². The fourth-order valence-electron chi connectivity index (χ4n) is 2.43. The molecule has 0 aliphatic carbocycles. The van der Waals surface area contributed by atoms with Crippen LogP contribution >= 0.6 is 11.3 Å². The molecule has 1 aromatic carbocycles. The molecule has 0 aliphatic rings. The lowest BCUT2D eigenvalue weighted by Gasteiger charge is -2.19. The zero-order valence-electron chi connectivity index (χ0n) is 12.5. The van der Waals surface area contributed by atoms with Gasteiger partial charge in [-0.25, -0.2) is 0 Å². The van der Waals surface area contributed by atoms with E-state index in [2.05, 4.69) is 54.2 Å². The van der Waals surface area contributed by atoms with Gasteiger partial charge in [0.1, 0.15) is 5.75 Å². The van der Waals surface area contributed by atoms with Gasteiger partial charge in [-0.05, 0) is 65.9 Å². The van der Waals surface area contributed by atoms with Crippen molar-refractivity contribution >= 4 is 11.3 Å². The maximum absolute atomic E-state index is 5.44. The van der Waals surface area contributed by atoms with E-state index in [9.17, 15) is 0 Å². The molecule has 0 fully saturated rings. The zero-order valence-corrected chi connectivity index (χ0v) is 13.3. The molecule has 2 rings (SSSR count). The van der Waals surface area contributed by atoms with Crippen molar-refractivity contribution < 1.29 is 4.74 Å². The van der Waals surface area contributed by atoms with Crippen molar-refractivity contribution in [3.8, 4) is 5.75 Å². The van der Waals surface area contributed by atoms with Crippen LogP contribution in [0.4, 0.5) is 0 Å². The lowest BCUT2D eigenvalue weighted by molar-refractivity contribution is 0.409. The molecule has 0 amide bonds. The fraction of sp³-hybridized carbons (Fsp3) is 0.412. The number of thiophene rings is 1. The Morgan fingerprint density at radius 3 is 2.80 bits per heavy atom. The monoisotopic (exact) mass is 289 g/mol. The predicted molar refractivity (Wildman–Crippen MR) is 86.8 cm³/mol. The summed E-state index contributed by atoms with van der Waals surface area (Å²) in [7, 11) is 1.74. The number of hydrogen-bond donors (Lipinski definition) is 1. The third-order valence-electron chi connectivity index (χ3n) is 3.59. The highest BCUT2D eigenvalue weighted by molar-refractivity contribution is 7.07. The average Bonchev–Trinajstić information content (AvgIpc) is 2.97. The summed E-state index contributed by atoms with van der Waals surface area (Å²) >= 11 is 1.77. The van der Waals surface area contributed by atoms with E-state index in [1.807, 2.05) is 0 Å². The van der Waals surface area contributed by atoms with Crippen LogP contribution in [0.1, 0.15) is 36.1 Å². The molecule has 1 aromatic heterocycles. The lowest BCUT2D eigenvalue weighted by Crippen LogP contribution is -2.21. The maximum Gasteiger partial charge on any atom is 0.122 e. The van der Waals surface area contributed by atoms with E-state index in [0.29, 0.717) is 6.04 Å². The molecule has 0 saturated carbocycles. The van der Waals surface area contributed by atoms with Crippen LogP contribution in [0.3, 0.4) is 0 Å². The summed E-state index contributed by atoms with van der Waals surface area (Å²) in [6.07, 6.45) is 2.22. The quantitative estimate of drug-likeness (QED) is 0.818. The summed E-state index contributed by atoms with van der Waals surface area (Å²) in [5, 5.41) is 7.96. The minimum atomic E-state index is 0.384. The number of ether oxygens (including phenoxy) is 1. The van der Waals surface area contributed by atoms with Crippen LogP contribution in [0.5, 0.6) is 5.75 Å². The standard InChI is InChI=1S/C17H23NOS/c1-4-18-16(8-6-14-9-10-20-12-14)15-7-5-13(2)17(11-15)19-3/h5,7,9-12,16,18H,4,6,8H2,1-3H3. The Kier molecular flexibility index (Phi) is 5.62. The van der Waals surface area contributed by atoms with Gasteiger partial charge in [-0.1, -0.05) is 19.1 Å². The highest BCUT2D eigenvalue weighted by Crippen LogP contribution is 2.26. The van der Waals surface area contributed by atoms with Gasteiger partial charge in [0.2, 0.25) is 0 Å². The zero-order chi connectivity index (χ0) is 14.4. The molecule has 20 heavy (non-hydrogen) atoms. The van der Waals surface area contributed by atoms with Gasteiger partial charge in [0.05, 0.1) is 7.11 Å². The molecule has 108 valence electrons. The number of benzene rings is 1. The van der Waals surface area contributed by atoms with E-state index in [1.54, 1.807) is 18.4 Å². The van der Waals surface area contributed by atoms with Crippen LogP contribution in [-0.4, -0.2) is 13.7 Å². The molecule has 1 unspecified atom stereocenters. The number of hydrogen-bond acceptors (Lipinski definition) is 3. The van der Waals surface area contributed by atoms with E-state index >= 15 is 0 Å². The highest BCUT2D eigenvalue weighted by Gasteiger charge is 2.12. The minimum Gasteiger partial charge on any atom is -0.496 e. The summed E-state index contributed by atoms with van der Waals surface area (Å²) in [6.45, 7) is 5.21. The molecule has 2 aromatic rings. The second-order valence-corrected chi connectivity index (χ2v) is 5.79. The number of rotatable bonds is 7. The van der Waals surface area contributed by atoms with Crippen LogP contribution in [0.15, 0.2) is 35.0 Å². The molecule has 0 bridgehead atoms. The van der Waals surface area contributed by atoms with Crippen molar-refractivity contribution in [2.75, 3.05) is 13.7 Å². The summed E-state index contributed by atoms with van der Waals surface area (Å²) in [5.74, 6) is 0.973. The van der Waals surface area contributed by atoms with Gasteiger partial charge < -0.3 is 10.1 Å². The summed E-state index contributed by atoms with van der Waals surface area (Å²) < 4.78 is 5.44. The summed E-state index contributed by atoms with van der Waals surface area (Å²) in [6, 6.07) is 9.11.